The molecule has 4 heteroatoms. The highest BCUT2D eigenvalue weighted by Crippen LogP contribution is 2.59. The van der Waals surface area contributed by atoms with Gasteiger partial charge in [-0.2, -0.15) is 0 Å². The van der Waals surface area contributed by atoms with Crippen molar-refractivity contribution in [2.45, 2.75) is 24.8 Å². The monoisotopic (exact) mass is 213 g/mol. The first kappa shape index (κ1) is 10.4. The standard InChI is InChI=1S/C11H13F2NO/c1-2-15-9-6-4-3-5-8(9)10(14)7-11(10,12)13/h3-6H,2,7,14H2,1H3. The van der Waals surface area contributed by atoms with Crippen LogP contribution < -0.4 is 10.5 Å². The zero-order chi connectivity index (χ0) is 11.1. The normalized spacial score (nSPS) is 27.5. The van der Waals surface area contributed by atoms with E-state index in [1.54, 1.807) is 24.3 Å². The van der Waals surface area contributed by atoms with E-state index in [1.165, 1.54) is 0 Å². The Labute approximate surface area is 87.0 Å². The molecule has 0 amide bonds. The van der Waals surface area contributed by atoms with E-state index in [0.717, 1.165) is 0 Å². The molecule has 2 nitrogen and oxygen atoms in total. The topological polar surface area (TPSA) is 35.2 Å². The van der Waals surface area contributed by atoms with Crippen LogP contribution in [0.2, 0.25) is 0 Å². The van der Waals surface area contributed by atoms with Gasteiger partial charge in [0, 0.05) is 12.0 Å². The second-order valence-corrected chi connectivity index (χ2v) is 3.78. The summed E-state index contributed by atoms with van der Waals surface area (Å²) in [6, 6.07) is 6.72. The van der Waals surface area contributed by atoms with E-state index in [0.29, 0.717) is 17.9 Å². The van der Waals surface area contributed by atoms with Gasteiger partial charge in [-0.3, -0.25) is 0 Å². The van der Waals surface area contributed by atoms with Crippen LogP contribution in [0.5, 0.6) is 5.75 Å². The number of halogens is 2. The lowest BCUT2D eigenvalue weighted by molar-refractivity contribution is 0.0882. The summed E-state index contributed by atoms with van der Waals surface area (Å²) in [5, 5.41) is 0. The van der Waals surface area contributed by atoms with Gasteiger partial charge in [0.05, 0.1) is 6.61 Å². The Kier molecular flexibility index (Phi) is 2.19. The van der Waals surface area contributed by atoms with Crippen LogP contribution in [0.15, 0.2) is 24.3 Å². The van der Waals surface area contributed by atoms with Crippen molar-refractivity contribution < 1.29 is 13.5 Å². The van der Waals surface area contributed by atoms with Crippen molar-refractivity contribution in [3.63, 3.8) is 0 Å². The summed E-state index contributed by atoms with van der Waals surface area (Å²) in [5.74, 6) is -2.35. The summed E-state index contributed by atoms with van der Waals surface area (Å²) in [4.78, 5) is 0. The molecule has 0 aliphatic heterocycles. The summed E-state index contributed by atoms with van der Waals surface area (Å²) >= 11 is 0. The minimum absolute atomic E-state index is 0.302. The third kappa shape index (κ3) is 1.49. The molecule has 82 valence electrons. The van der Waals surface area contributed by atoms with E-state index in [9.17, 15) is 8.78 Å². The fraction of sp³-hybridized carbons (Fsp3) is 0.455. The number of benzene rings is 1. The predicted octanol–water partition coefficient (Wildman–Crippen LogP) is 2.28. The Bertz CT molecular complexity index is 381. The third-order valence-electron chi connectivity index (χ3n) is 2.70. The van der Waals surface area contributed by atoms with Crippen LogP contribution in [-0.4, -0.2) is 12.5 Å². The van der Waals surface area contributed by atoms with Crippen molar-refractivity contribution >= 4 is 0 Å². The lowest BCUT2D eigenvalue weighted by Crippen LogP contribution is -2.27. The average molecular weight is 213 g/mol. The molecule has 15 heavy (non-hydrogen) atoms. The molecule has 2 rings (SSSR count). The van der Waals surface area contributed by atoms with Gasteiger partial charge in [0.25, 0.3) is 5.92 Å². The van der Waals surface area contributed by atoms with Gasteiger partial charge in [-0.1, -0.05) is 18.2 Å². The molecule has 1 aromatic carbocycles. The van der Waals surface area contributed by atoms with Gasteiger partial charge in [0.1, 0.15) is 11.3 Å². The Morgan fingerprint density at radius 2 is 2.00 bits per heavy atom. The molecule has 0 aromatic heterocycles. The molecule has 0 radical (unpaired) electrons. The maximum absolute atomic E-state index is 13.1. The van der Waals surface area contributed by atoms with E-state index >= 15 is 0 Å². The second kappa shape index (κ2) is 3.17. The van der Waals surface area contributed by atoms with Crippen molar-refractivity contribution in [2.24, 2.45) is 5.73 Å². The fourth-order valence-corrected chi connectivity index (χ4v) is 1.71. The van der Waals surface area contributed by atoms with Crippen molar-refractivity contribution in [3.8, 4) is 5.75 Å². The van der Waals surface area contributed by atoms with Crippen LogP contribution in [0, 0.1) is 0 Å². The number of hydrogen-bond donors (Lipinski definition) is 1. The van der Waals surface area contributed by atoms with Crippen molar-refractivity contribution in [2.75, 3.05) is 6.61 Å². The van der Waals surface area contributed by atoms with Gasteiger partial charge in [-0.15, -0.1) is 0 Å². The van der Waals surface area contributed by atoms with E-state index in [1.807, 2.05) is 6.92 Å². The van der Waals surface area contributed by atoms with Crippen LogP contribution >= 0.6 is 0 Å². The summed E-state index contributed by atoms with van der Waals surface area (Å²) in [6.07, 6.45) is -0.302. The molecule has 1 aromatic rings. The molecule has 1 aliphatic carbocycles. The Morgan fingerprint density at radius 1 is 1.40 bits per heavy atom. The molecule has 0 heterocycles. The van der Waals surface area contributed by atoms with E-state index in [4.69, 9.17) is 10.5 Å². The van der Waals surface area contributed by atoms with Crippen LogP contribution in [-0.2, 0) is 5.54 Å². The minimum Gasteiger partial charge on any atom is -0.494 e. The maximum Gasteiger partial charge on any atom is 0.272 e. The number of hydrogen-bond acceptors (Lipinski definition) is 2. The number of ether oxygens (including phenoxy) is 1. The maximum atomic E-state index is 13.1. The van der Waals surface area contributed by atoms with Crippen molar-refractivity contribution in [1.82, 2.24) is 0 Å². The molecular weight excluding hydrogens is 200 g/mol. The lowest BCUT2D eigenvalue weighted by Gasteiger charge is -2.15. The molecule has 0 bridgehead atoms. The van der Waals surface area contributed by atoms with Crippen molar-refractivity contribution in [3.05, 3.63) is 29.8 Å². The third-order valence-corrected chi connectivity index (χ3v) is 2.70. The molecule has 1 saturated carbocycles. The lowest BCUT2D eigenvalue weighted by atomic mass is 10.0. The largest absolute Gasteiger partial charge is 0.494 e. The van der Waals surface area contributed by atoms with E-state index in [2.05, 4.69) is 0 Å². The number of alkyl halides is 2. The van der Waals surface area contributed by atoms with E-state index in [-0.39, 0.29) is 6.42 Å². The molecule has 0 saturated heterocycles. The molecule has 1 atom stereocenters. The Balaban J connectivity index is 2.37. The van der Waals surface area contributed by atoms with Crippen molar-refractivity contribution in [1.29, 1.82) is 0 Å². The molecular formula is C11H13F2NO. The Morgan fingerprint density at radius 3 is 2.53 bits per heavy atom. The number of nitrogens with two attached hydrogens (primary N) is 1. The summed E-state index contributed by atoms with van der Waals surface area (Å²) in [5.41, 5.74) is 4.52. The quantitative estimate of drug-likeness (QED) is 0.836. The fourth-order valence-electron chi connectivity index (χ4n) is 1.71. The van der Waals surface area contributed by atoms with Crippen LogP contribution in [0.25, 0.3) is 0 Å². The smallest absolute Gasteiger partial charge is 0.272 e. The van der Waals surface area contributed by atoms with Gasteiger partial charge in [0.15, 0.2) is 0 Å². The van der Waals surface area contributed by atoms with Gasteiger partial charge < -0.3 is 10.5 Å². The molecule has 1 aliphatic rings. The first-order valence-electron chi connectivity index (χ1n) is 4.90. The second-order valence-electron chi connectivity index (χ2n) is 3.78. The summed E-state index contributed by atoms with van der Waals surface area (Å²) in [6.45, 7) is 2.25. The first-order valence-corrected chi connectivity index (χ1v) is 4.90. The highest BCUT2D eigenvalue weighted by molar-refractivity contribution is 5.45. The molecule has 1 unspecified atom stereocenters. The molecule has 0 spiro atoms. The molecule has 1 fully saturated rings. The highest BCUT2D eigenvalue weighted by atomic mass is 19.3. The first-order chi connectivity index (χ1) is 7.01. The number of para-hydroxylation sites is 1. The summed E-state index contributed by atoms with van der Waals surface area (Å²) < 4.78 is 31.5. The zero-order valence-electron chi connectivity index (χ0n) is 8.47. The van der Waals surface area contributed by atoms with Gasteiger partial charge in [0.2, 0.25) is 0 Å². The average Bonchev–Trinajstić information content (AvgIpc) is 2.68. The van der Waals surface area contributed by atoms with Crippen LogP contribution in [0.3, 0.4) is 0 Å². The summed E-state index contributed by atoms with van der Waals surface area (Å²) in [7, 11) is 0. The predicted molar refractivity (Wildman–Crippen MR) is 53.0 cm³/mol. The van der Waals surface area contributed by atoms with Gasteiger partial charge in [-0.05, 0) is 13.0 Å². The zero-order valence-corrected chi connectivity index (χ0v) is 8.47. The minimum atomic E-state index is -2.81. The van der Waals surface area contributed by atoms with Gasteiger partial charge in [-0.25, -0.2) is 8.78 Å². The van der Waals surface area contributed by atoms with E-state index < -0.39 is 11.5 Å². The number of rotatable bonds is 3. The molecule has 2 N–H and O–H groups in total. The van der Waals surface area contributed by atoms with Gasteiger partial charge >= 0.3 is 0 Å². The SMILES string of the molecule is CCOc1ccccc1C1(N)CC1(F)F. The van der Waals surface area contributed by atoms with Crippen LogP contribution in [0.1, 0.15) is 18.9 Å². The highest BCUT2D eigenvalue weighted by Gasteiger charge is 2.70. The van der Waals surface area contributed by atoms with Crippen LogP contribution in [0.4, 0.5) is 8.78 Å². The Hall–Kier alpha value is -1.16.